The molecule has 1 aliphatic rings. The fourth-order valence-corrected chi connectivity index (χ4v) is 3.22. The minimum absolute atomic E-state index is 0.101. The van der Waals surface area contributed by atoms with Crippen molar-refractivity contribution in [1.29, 1.82) is 0 Å². The first-order valence-electron chi connectivity index (χ1n) is 8.09. The molecule has 1 amide bonds. The molecule has 6 heteroatoms. The van der Waals surface area contributed by atoms with Gasteiger partial charge in [-0.3, -0.25) is 9.48 Å². The Hall–Kier alpha value is -1.85. The average molecular weight is 348 g/mol. The molecule has 0 aliphatic carbocycles. The number of amides is 1. The third-order valence-electron chi connectivity index (χ3n) is 4.65. The van der Waals surface area contributed by atoms with Gasteiger partial charge in [-0.2, -0.15) is 5.10 Å². The molecule has 0 bridgehead atoms. The van der Waals surface area contributed by atoms with Crippen LogP contribution in [0.25, 0.3) is 0 Å². The molecule has 0 radical (unpaired) electrons. The second-order valence-corrected chi connectivity index (χ2v) is 6.64. The maximum atomic E-state index is 12.7. The van der Waals surface area contributed by atoms with Crippen molar-refractivity contribution in [2.75, 3.05) is 19.7 Å². The number of ether oxygens (including phenoxy) is 1. The van der Waals surface area contributed by atoms with Crippen LogP contribution in [-0.2, 0) is 23.0 Å². The number of rotatable bonds is 3. The minimum Gasteiger partial charge on any atom is -0.370 e. The summed E-state index contributed by atoms with van der Waals surface area (Å²) >= 11 is 5.94. The van der Waals surface area contributed by atoms with E-state index in [0.717, 1.165) is 22.5 Å². The number of nitrogens with zero attached hydrogens (tertiary/aromatic N) is 3. The van der Waals surface area contributed by atoms with Crippen LogP contribution in [0, 0.1) is 13.8 Å². The van der Waals surface area contributed by atoms with Crippen LogP contribution in [0.5, 0.6) is 0 Å². The fourth-order valence-electron chi connectivity index (χ4n) is 3.09. The van der Waals surface area contributed by atoms with Crippen LogP contribution in [0.1, 0.15) is 28.6 Å². The fraction of sp³-hybridized carbons (Fsp3) is 0.444. The number of hydrogen-bond donors (Lipinski definition) is 0. The van der Waals surface area contributed by atoms with Crippen molar-refractivity contribution in [3.8, 4) is 0 Å². The number of carbonyl (C=O) groups excluding carboxylic acids is 1. The SMILES string of the molecule is Cc1nn(C)c(C)c1CC(=O)N1CCOC(c2ccc(Cl)cc2)C1. The van der Waals surface area contributed by atoms with E-state index in [1.807, 2.05) is 54.7 Å². The summed E-state index contributed by atoms with van der Waals surface area (Å²) in [5.74, 6) is 0.122. The first-order valence-corrected chi connectivity index (χ1v) is 8.47. The second kappa shape index (κ2) is 6.95. The third-order valence-corrected chi connectivity index (χ3v) is 4.90. The van der Waals surface area contributed by atoms with Crippen molar-refractivity contribution in [2.24, 2.45) is 7.05 Å². The van der Waals surface area contributed by atoms with E-state index >= 15 is 0 Å². The van der Waals surface area contributed by atoms with Crippen LogP contribution in [0.2, 0.25) is 5.02 Å². The first-order chi connectivity index (χ1) is 11.5. The highest BCUT2D eigenvalue weighted by molar-refractivity contribution is 6.30. The first kappa shape index (κ1) is 17.0. The van der Waals surface area contributed by atoms with Gasteiger partial charge in [-0.1, -0.05) is 23.7 Å². The van der Waals surface area contributed by atoms with E-state index in [1.165, 1.54) is 0 Å². The lowest BCUT2D eigenvalue weighted by molar-refractivity contribution is -0.138. The Morgan fingerprint density at radius 1 is 1.33 bits per heavy atom. The lowest BCUT2D eigenvalue weighted by Crippen LogP contribution is -2.43. The van der Waals surface area contributed by atoms with Gasteiger partial charge in [0.25, 0.3) is 0 Å². The van der Waals surface area contributed by atoms with E-state index < -0.39 is 0 Å². The predicted octanol–water partition coefficient (Wildman–Crippen LogP) is 2.83. The molecule has 0 N–H and O–H groups in total. The summed E-state index contributed by atoms with van der Waals surface area (Å²) in [6, 6.07) is 7.61. The van der Waals surface area contributed by atoms with Gasteiger partial charge in [0.15, 0.2) is 0 Å². The largest absolute Gasteiger partial charge is 0.370 e. The van der Waals surface area contributed by atoms with Crippen LogP contribution in [-0.4, -0.2) is 40.3 Å². The highest BCUT2D eigenvalue weighted by Crippen LogP contribution is 2.24. The van der Waals surface area contributed by atoms with E-state index in [4.69, 9.17) is 16.3 Å². The Morgan fingerprint density at radius 3 is 2.67 bits per heavy atom. The number of benzene rings is 1. The Labute approximate surface area is 147 Å². The van der Waals surface area contributed by atoms with Gasteiger partial charge in [0, 0.05) is 29.9 Å². The van der Waals surface area contributed by atoms with Gasteiger partial charge in [0.05, 0.1) is 25.3 Å². The molecule has 0 saturated carbocycles. The minimum atomic E-state index is -0.101. The summed E-state index contributed by atoms with van der Waals surface area (Å²) in [6.45, 7) is 5.69. The van der Waals surface area contributed by atoms with Crippen LogP contribution in [0.3, 0.4) is 0 Å². The number of carbonyl (C=O) groups is 1. The van der Waals surface area contributed by atoms with Crippen molar-refractivity contribution in [3.05, 3.63) is 51.8 Å². The summed E-state index contributed by atoms with van der Waals surface area (Å²) < 4.78 is 7.66. The summed E-state index contributed by atoms with van der Waals surface area (Å²) in [7, 11) is 1.90. The monoisotopic (exact) mass is 347 g/mol. The standard InChI is InChI=1S/C18H22ClN3O2/c1-12-16(13(2)21(3)20-12)10-18(23)22-8-9-24-17(11-22)14-4-6-15(19)7-5-14/h4-7,17H,8-11H2,1-3H3. The molecule has 128 valence electrons. The number of halogens is 1. The Balaban J connectivity index is 1.70. The molecule has 2 heterocycles. The zero-order valence-electron chi connectivity index (χ0n) is 14.3. The summed E-state index contributed by atoms with van der Waals surface area (Å²) in [6.07, 6.45) is 0.287. The van der Waals surface area contributed by atoms with Crippen molar-refractivity contribution in [3.63, 3.8) is 0 Å². The molecular weight excluding hydrogens is 326 g/mol. The summed E-state index contributed by atoms with van der Waals surface area (Å²) in [5, 5.41) is 5.09. The lowest BCUT2D eigenvalue weighted by Gasteiger charge is -2.33. The van der Waals surface area contributed by atoms with Gasteiger partial charge < -0.3 is 9.64 Å². The topological polar surface area (TPSA) is 47.4 Å². The van der Waals surface area contributed by atoms with E-state index in [1.54, 1.807) is 0 Å². The average Bonchev–Trinajstić information content (AvgIpc) is 2.82. The van der Waals surface area contributed by atoms with Crippen LogP contribution in [0.15, 0.2) is 24.3 Å². The zero-order chi connectivity index (χ0) is 17.3. The highest BCUT2D eigenvalue weighted by atomic mass is 35.5. The molecule has 3 rings (SSSR count). The van der Waals surface area contributed by atoms with Crippen LogP contribution in [0.4, 0.5) is 0 Å². The van der Waals surface area contributed by atoms with Gasteiger partial charge in [-0.25, -0.2) is 0 Å². The highest BCUT2D eigenvalue weighted by Gasteiger charge is 2.26. The zero-order valence-corrected chi connectivity index (χ0v) is 15.0. The lowest BCUT2D eigenvalue weighted by atomic mass is 10.1. The van der Waals surface area contributed by atoms with Gasteiger partial charge in [-0.05, 0) is 31.5 Å². The van der Waals surface area contributed by atoms with E-state index in [2.05, 4.69) is 5.10 Å². The molecule has 1 atom stereocenters. The van der Waals surface area contributed by atoms with Gasteiger partial charge in [-0.15, -0.1) is 0 Å². The molecule has 24 heavy (non-hydrogen) atoms. The number of morpholine rings is 1. The predicted molar refractivity (Wildman–Crippen MR) is 93.1 cm³/mol. The Morgan fingerprint density at radius 2 is 2.04 bits per heavy atom. The van der Waals surface area contributed by atoms with Crippen molar-refractivity contribution < 1.29 is 9.53 Å². The Bertz CT molecular complexity index is 739. The number of aryl methyl sites for hydroxylation is 2. The van der Waals surface area contributed by atoms with E-state index in [9.17, 15) is 4.79 Å². The van der Waals surface area contributed by atoms with E-state index in [0.29, 0.717) is 31.1 Å². The van der Waals surface area contributed by atoms with Crippen LogP contribution < -0.4 is 0 Å². The molecule has 2 aromatic rings. The number of aromatic nitrogens is 2. The van der Waals surface area contributed by atoms with Gasteiger partial charge in [0.2, 0.25) is 5.91 Å². The third kappa shape index (κ3) is 3.47. The van der Waals surface area contributed by atoms with Crippen molar-refractivity contribution >= 4 is 17.5 Å². The molecule has 1 unspecified atom stereocenters. The summed E-state index contributed by atoms with van der Waals surface area (Å²) in [5.41, 5.74) is 4.04. The quantitative estimate of drug-likeness (QED) is 0.857. The second-order valence-electron chi connectivity index (χ2n) is 6.20. The molecule has 1 saturated heterocycles. The number of hydrogen-bond acceptors (Lipinski definition) is 3. The molecule has 5 nitrogen and oxygen atoms in total. The molecule has 0 spiro atoms. The van der Waals surface area contributed by atoms with Crippen molar-refractivity contribution in [2.45, 2.75) is 26.4 Å². The normalized spacial score (nSPS) is 18.0. The smallest absolute Gasteiger partial charge is 0.227 e. The maximum absolute atomic E-state index is 12.7. The van der Waals surface area contributed by atoms with Crippen LogP contribution >= 0.6 is 11.6 Å². The van der Waals surface area contributed by atoms with Gasteiger partial charge >= 0.3 is 0 Å². The Kier molecular flexibility index (Phi) is 4.92. The molecule has 1 aliphatic heterocycles. The maximum Gasteiger partial charge on any atom is 0.227 e. The molecule has 1 aromatic heterocycles. The molecule has 1 fully saturated rings. The molecular formula is C18H22ClN3O2. The summed E-state index contributed by atoms with van der Waals surface area (Å²) in [4.78, 5) is 14.6. The molecule has 1 aromatic carbocycles. The van der Waals surface area contributed by atoms with Crippen molar-refractivity contribution in [1.82, 2.24) is 14.7 Å². The van der Waals surface area contributed by atoms with E-state index in [-0.39, 0.29) is 12.0 Å². The van der Waals surface area contributed by atoms with Gasteiger partial charge in [0.1, 0.15) is 6.10 Å².